The van der Waals surface area contributed by atoms with E-state index in [-0.39, 0.29) is 0 Å². The van der Waals surface area contributed by atoms with Gasteiger partial charge in [-0.1, -0.05) is 29.8 Å². The molecule has 1 aromatic carbocycles. The second kappa shape index (κ2) is 4.94. The molecule has 0 aliphatic rings. The first-order valence-corrected chi connectivity index (χ1v) is 5.47. The van der Waals surface area contributed by atoms with Gasteiger partial charge in [-0.05, 0) is 19.0 Å². The van der Waals surface area contributed by atoms with Crippen molar-refractivity contribution in [2.24, 2.45) is 5.73 Å². The molecule has 0 unspecified atom stereocenters. The molecule has 0 saturated heterocycles. The Bertz CT molecular complexity index is 445. The number of aromatic nitrogens is 1. The quantitative estimate of drug-likeness (QED) is 0.851. The predicted molar refractivity (Wildman–Crippen MR) is 63.2 cm³/mol. The van der Waals surface area contributed by atoms with Crippen molar-refractivity contribution in [2.75, 3.05) is 6.54 Å². The Hall–Kier alpha value is -1.61. The highest BCUT2D eigenvalue weighted by atomic mass is 16.3. The fourth-order valence-corrected chi connectivity index (χ4v) is 1.57. The number of aryl methyl sites for hydroxylation is 1. The van der Waals surface area contributed by atoms with Gasteiger partial charge in [0.1, 0.15) is 6.26 Å². The summed E-state index contributed by atoms with van der Waals surface area (Å²) in [6.07, 6.45) is 3.21. The standard InChI is InChI=1S/C13H16N2O/c1-10-2-4-11(5-3-10)8-13-15-12(6-7-14)9-16-13/h2-5,9H,6-8,14H2,1H3. The summed E-state index contributed by atoms with van der Waals surface area (Å²) in [7, 11) is 0. The molecule has 1 aromatic heterocycles. The molecular formula is C13H16N2O. The van der Waals surface area contributed by atoms with E-state index in [1.165, 1.54) is 11.1 Å². The largest absolute Gasteiger partial charge is 0.448 e. The first kappa shape index (κ1) is 10.9. The van der Waals surface area contributed by atoms with Gasteiger partial charge >= 0.3 is 0 Å². The number of rotatable bonds is 4. The monoisotopic (exact) mass is 216 g/mol. The van der Waals surface area contributed by atoms with Crippen LogP contribution in [0.5, 0.6) is 0 Å². The van der Waals surface area contributed by atoms with E-state index < -0.39 is 0 Å². The first-order chi connectivity index (χ1) is 7.78. The van der Waals surface area contributed by atoms with Crippen molar-refractivity contribution in [3.8, 4) is 0 Å². The van der Waals surface area contributed by atoms with Gasteiger partial charge in [-0.2, -0.15) is 0 Å². The van der Waals surface area contributed by atoms with Gasteiger partial charge in [-0.15, -0.1) is 0 Å². The minimum absolute atomic E-state index is 0.608. The van der Waals surface area contributed by atoms with Crippen molar-refractivity contribution in [1.82, 2.24) is 4.98 Å². The fraction of sp³-hybridized carbons (Fsp3) is 0.308. The van der Waals surface area contributed by atoms with Crippen molar-refractivity contribution in [3.63, 3.8) is 0 Å². The number of benzene rings is 1. The lowest BCUT2D eigenvalue weighted by molar-refractivity contribution is 0.506. The molecule has 0 saturated carbocycles. The third kappa shape index (κ3) is 2.70. The summed E-state index contributed by atoms with van der Waals surface area (Å²) in [6.45, 7) is 2.69. The smallest absolute Gasteiger partial charge is 0.198 e. The normalized spacial score (nSPS) is 10.6. The zero-order valence-electron chi connectivity index (χ0n) is 9.44. The van der Waals surface area contributed by atoms with E-state index in [4.69, 9.17) is 10.2 Å². The van der Waals surface area contributed by atoms with Crippen molar-refractivity contribution in [2.45, 2.75) is 19.8 Å². The van der Waals surface area contributed by atoms with Crippen molar-refractivity contribution >= 4 is 0 Å². The zero-order chi connectivity index (χ0) is 11.4. The van der Waals surface area contributed by atoms with E-state index in [0.717, 1.165) is 24.4 Å². The average Bonchev–Trinajstić information content (AvgIpc) is 2.70. The van der Waals surface area contributed by atoms with Crippen LogP contribution in [0.2, 0.25) is 0 Å². The Morgan fingerprint density at radius 1 is 1.25 bits per heavy atom. The molecule has 0 spiro atoms. The number of nitrogens with zero attached hydrogens (tertiary/aromatic N) is 1. The van der Waals surface area contributed by atoms with E-state index in [9.17, 15) is 0 Å². The molecule has 0 radical (unpaired) electrons. The Morgan fingerprint density at radius 3 is 2.69 bits per heavy atom. The fourth-order valence-electron chi connectivity index (χ4n) is 1.57. The minimum Gasteiger partial charge on any atom is -0.448 e. The SMILES string of the molecule is Cc1ccc(Cc2nc(CCN)co2)cc1. The van der Waals surface area contributed by atoms with E-state index in [0.29, 0.717) is 6.54 Å². The maximum Gasteiger partial charge on any atom is 0.198 e. The highest BCUT2D eigenvalue weighted by molar-refractivity contribution is 5.23. The molecule has 0 atom stereocenters. The maximum atomic E-state index is 5.46. The van der Waals surface area contributed by atoms with Gasteiger partial charge in [-0.25, -0.2) is 4.98 Å². The van der Waals surface area contributed by atoms with Gasteiger partial charge in [-0.3, -0.25) is 0 Å². The van der Waals surface area contributed by atoms with Crippen LogP contribution in [0, 0.1) is 6.92 Å². The van der Waals surface area contributed by atoms with Gasteiger partial charge in [0, 0.05) is 12.8 Å². The third-order valence-electron chi connectivity index (χ3n) is 2.48. The topological polar surface area (TPSA) is 52.0 Å². The lowest BCUT2D eigenvalue weighted by Gasteiger charge is -1.97. The summed E-state index contributed by atoms with van der Waals surface area (Å²) in [4.78, 5) is 4.37. The minimum atomic E-state index is 0.608. The third-order valence-corrected chi connectivity index (χ3v) is 2.48. The van der Waals surface area contributed by atoms with Gasteiger partial charge < -0.3 is 10.2 Å². The Morgan fingerprint density at radius 2 is 2.00 bits per heavy atom. The summed E-state index contributed by atoms with van der Waals surface area (Å²) < 4.78 is 5.38. The molecule has 0 aliphatic heterocycles. The molecule has 2 N–H and O–H groups in total. The first-order valence-electron chi connectivity index (χ1n) is 5.47. The number of hydrogen-bond donors (Lipinski definition) is 1. The lowest BCUT2D eigenvalue weighted by atomic mass is 10.1. The molecule has 3 heteroatoms. The molecule has 0 aliphatic carbocycles. The van der Waals surface area contributed by atoms with Gasteiger partial charge in [0.25, 0.3) is 0 Å². The zero-order valence-corrected chi connectivity index (χ0v) is 9.44. The Balaban J connectivity index is 2.05. The molecule has 2 aromatic rings. The molecule has 0 fully saturated rings. The van der Waals surface area contributed by atoms with E-state index in [1.807, 2.05) is 0 Å². The van der Waals surface area contributed by atoms with Gasteiger partial charge in [0.05, 0.1) is 5.69 Å². The number of nitrogens with two attached hydrogens (primary N) is 1. The van der Waals surface area contributed by atoms with E-state index in [1.54, 1.807) is 6.26 Å². The van der Waals surface area contributed by atoms with Crippen LogP contribution >= 0.6 is 0 Å². The second-order valence-electron chi connectivity index (χ2n) is 3.93. The maximum absolute atomic E-state index is 5.46. The second-order valence-corrected chi connectivity index (χ2v) is 3.93. The van der Waals surface area contributed by atoms with Crippen LogP contribution in [0.3, 0.4) is 0 Å². The molecule has 3 nitrogen and oxygen atoms in total. The molecule has 1 heterocycles. The predicted octanol–water partition coefficient (Wildman–Crippen LogP) is 2.08. The van der Waals surface area contributed by atoms with Crippen LogP contribution in [0.25, 0.3) is 0 Å². The van der Waals surface area contributed by atoms with E-state index in [2.05, 4.69) is 36.2 Å². The van der Waals surface area contributed by atoms with E-state index >= 15 is 0 Å². The van der Waals surface area contributed by atoms with Crippen LogP contribution in [-0.2, 0) is 12.8 Å². The molecule has 2 rings (SSSR count). The summed E-state index contributed by atoms with van der Waals surface area (Å²) in [6, 6.07) is 8.39. The Kier molecular flexibility index (Phi) is 3.37. The van der Waals surface area contributed by atoms with Crippen LogP contribution < -0.4 is 5.73 Å². The van der Waals surface area contributed by atoms with Crippen molar-refractivity contribution < 1.29 is 4.42 Å². The number of oxazole rings is 1. The molecular weight excluding hydrogens is 200 g/mol. The summed E-state index contributed by atoms with van der Waals surface area (Å²) in [5.74, 6) is 0.757. The molecule has 0 bridgehead atoms. The molecule has 16 heavy (non-hydrogen) atoms. The van der Waals surface area contributed by atoms with Gasteiger partial charge in [0.2, 0.25) is 0 Å². The summed E-state index contributed by atoms with van der Waals surface area (Å²) >= 11 is 0. The lowest BCUT2D eigenvalue weighted by Crippen LogP contribution is -2.02. The molecule has 0 amide bonds. The Labute approximate surface area is 95.3 Å². The highest BCUT2D eigenvalue weighted by Crippen LogP contribution is 2.10. The highest BCUT2D eigenvalue weighted by Gasteiger charge is 2.04. The van der Waals surface area contributed by atoms with Crippen LogP contribution in [-0.4, -0.2) is 11.5 Å². The van der Waals surface area contributed by atoms with Crippen LogP contribution in [0.4, 0.5) is 0 Å². The van der Waals surface area contributed by atoms with Crippen LogP contribution in [0.1, 0.15) is 22.7 Å². The summed E-state index contributed by atoms with van der Waals surface area (Å²) in [5.41, 5.74) is 8.87. The van der Waals surface area contributed by atoms with Gasteiger partial charge in [0.15, 0.2) is 5.89 Å². The number of hydrogen-bond acceptors (Lipinski definition) is 3. The van der Waals surface area contributed by atoms with Crippen LogP contribution in [0.15, 0.2) is 34.9 Å². The summed E-state index contributed by atoms with van der Waals surface area (Å²) in [5, 5.41) is 0. The van der Waals surface area contributed by atoms with Crippen molar-refractivity contribution in [3.05, 3.63) is 53.2 Å². The average molecular weight is 216 g/mol. The molecule has 84 valence electrons. The van der Waals surface area contributed by atoms with Crippen molar-refractivity contribution in [1.29, 1.82) is 0 Å².